The van der Waals surface area contributed by atoms with Gasteiger partial charge in [0.05, 0.1) is 0 Å². The zero-order valence-electron chi connectivity index (χ0n) is 13.8. The van der Waals surface area contributed by atoms with Crippen LogP contribution in [0.5, 0.6) is 0 Å². The SMILES string of the molecule is CC(C)n1cc(S(=O)(=O)Nc2ccc(Cl)cc2)c(-c2ccccc2)n1. The summed E-state index contributed by atoms with van der Waals surface area (Å²) in [5, 5.41) is 5.02. The average Bonchev–Trinajstić information content (AvgIpc) is 3.04. The molecule has 1 aromatic heterocycles. The smallest absolute Gasteiger partial charge is 0.265 e. The number of aromatic nitrogens is 2. The number of benzene rings is 2. The molecule has 0 radical (unpaired) electrons. The van der Waals surface area contributed by atoms with Crippen molar-refractivity contribution in [2.75, 3.05) is 4.72 Å². The molecule has 0 aliphatic rings. The first-order valence-corrected chi connectivity index (χ1v) is 9.66. The zero-order chi connectivity index (χ0) is 18.0. The van der Waals surface area contributed by atoms with Crippen LogP contribution in [0.25, 0.3) is 11.3 Å². The van der Waals surface area contributed by atoms with Crippen LogP contribution in [0.3, 0.4) is 0 Å². The van der Waals surface area contributed by atoms with Crippen LogP contribution in [0.2, 0.25) is 5.02 Å². The van der Waals surface area contributed by atoms with E-state index in [9.17, 15) is 8.42 Å². The highest BCUT2D eigenvalue weighted by Crippen LogP contribution is 2.28. The molecule has 0 bridgehead atoms. The van der Waals surface area contributed by atoms with Gasteiger partial charge in [0, 0.05) is 28.5 Å². The van der Waals surface area contributed by atoms with Crippen LogP contribution in [0, 0.1) is 0 Å². The molecule has 0 fully saturated rings. The van der Waals surface area contributed by atoms with E-state index in [1.54, 1.807) is 35.1 Å². The Labute approximate surface area is 152 Å². The summed E-state index contributed by atoms with van der Waals surface area (Å²) in [7, 11) is -3.79. The van der Waals surface area contributed by atoms with Crippen LogP contribution >= 0.6 is 11.6 Å². The number of nitrogens with zero attached hydrogens (tertiary/aromatic N) is 2. The average molecular weight is 376 g/mol. The summed E-state index contributed by atoms with van der Waals surface area (Å²) >= 11 is 5.85. The van der Waals surface area contributed by atoms with Crippen LogP contribution in [0.15, 0.2) is 65.7 Å². The fraction of sp³-hybridized carbons (Fsp3) is 0.167. The second kappa shape index (κ2) is 6.90. The second-order valence-corrected chi connectivity index (χ2v) is 7.98. The molecule has 3 aromatic rings. The summed E-state index contributed by atoms with van der Waals surface area (Å²) < 4.78 is 30.1. The lowest BCUT2D eigenvalue weighted by Gasteiger charge is -2.08. The van der Waals surface area contributed by atoms with E-state index in [2.05, 4.69) is 9.82 Å². The van der Waals surface area contributed by atoms with Gasteiger partial charge in [-0.1, -0.05) is 41.9 Å². The Bertz CT molecular complexity index is 965. The third kappa shape index (κ3) is 3.86. The number of halogens is 1. The summed E-state index contributed by atoms with van der Waals surface area (Å²) in [5.41, 5.74) is 1.62. The molecule has 0 atom stereocenters. The zero-order valence-corrected chi connectivity index (χ0v) is 15.4. The molecule has 3 rings (SSSR count). The van der Waals surface area contributed by atoms with Gasteiger partial charge in [0.1, 0.15) is 10.6 Å². The van der Waals surface area contributed by atoms with Gasteiger partial charge in [-0.3, -0.25) is 9.40 Å². The van der Waals surface area contributed by atoms with E-state index >= 15 is 0 Å². The third-order valence-corrected chi connectivity index (χ3v) is 5.29. The second-order valence-electron chi connectivity index (χ2n) is 5.89. The third-order valence-electron chi connectivity index (χ3n) is 3.66. The van der Waals surface area contributed by atoms with Crippen LogP contribution in [0.4, 0.5) is 5.69 Å². The maximum absolute atomic E-state index is 12.9. The molecule has 1 N–H and O–H groups in total. The molecule has 0 aliphatic heterocycles. The first-order chi connectivity index (χ1) is 11.9. The lowest BCUT2D eigenvalue weighted by atomic mass is 10.2. The molecule has 0 spiro atoms. The van der Waals surface area contributed by atoms with Gasteiger partial charge in [0.2, 0.25) is 0 Å². The highest BCUT2D eigenvalue weighted by atomic mass is 35.5. The van der Waals surface area contributed by atoms with Gasteiger partial charge in [-0.15, -0.1) is 0 Å². The van der Waals surface area contributed by atoms with Crippen molar-refractivity contribution in [1.82, 2.24) is 9.78 Å². The number of hydrogen-bond donors (Lipinski definition) is 1. The Morgan fingerprint density at radius 1 is 1.04 bits per heavy atom. The first-order valence-electron chi connectivity index (χ1n) is 7.80. The summed E-state index contributed by atoms with van der Waals surface area (Å²) in [6.07, 6.45) is 1.56. The van der Waals surface area contributed by atoms with Crippen molar-refractivity contribution in [2.45, 2.75) is 24.8 Å². The number of hydrogen-bond acceptors (Lipinski definition) is 3. The first kappa shape index (κ1) is 17.5. The molecular weight excluding hydrogens is 358 g/mol. The van der Waals surface area contributed by atoms with Crippen molar-refractivity contribution in [3.63, 3.8) is 0 Å². The van der Waals surface area contributed by atoms with Crippen molar-refractivity contribution < 1.29 is 8.42 Å². The quantitative estimate of drug-likeness (QED) is 0.709. The Kier molecular flexibility index (Phi) is 4.83. The Hall–Kier alpha value is -2.31. The molecule has 1 heterocycles. The van der Waals surface area contributed by atoms with E-state index in [1.807, 2.05) is 44.2 Å². The van der Waals surface area contributed by atoms with Crippen molar-refractivity contribution in [3.05, 3.63) is 65.8 Å². The van der Waals surface area contributed by atoms with Gasteiger partial charge >= 0.3 is 0 Å². The lowest BCUT2D eigenvalue weighted by molar-refractivity contribution is 0.532. The van der Waals surface area contributed by atoms with E-state index in [0.717, 1.165) is 5.56 Å². The fourth-order valence-corrected chi connectivity index (χ4v) is 3.70. The standard InChI is InChI=1S/C18H18ClN3O2S/c1-13(2)22-12-17(18(20-22)14-6-4-3-5-7-14)25(23,24)21-16-10-8-15(19)9-11-16/h3-13,21H,1-2H3. The topological polar surface area (TPSA) is 64.0 Å². The minimum Gasteiger partial charge on any atom is -0.280 e. The molecule has 130 valence electrons. The molecule has 0 aliphatic carbocycles. The number of sulfonamides is 1. The molecule has 0 unspecified atom stereocenters. The Balaban J connectivity index is 2.06. The van der Waals surface area contributed by atoms with Gasteiger partial charge < -0.3 is 0 Å². The van der Waals surface area contributed by atoms with Crippen LogP contribution in [0.1, 0.15) is 19.9 Å². The maximum atomic E-state index is 12.9. The predicted molar refractivity (Wildman–Crippen MR) is 100 cm³/mol. The predicted octanol–water partition coefficient (Wildman–Crippen LogP) is 4.59. The summed E-state index contributed by atoms with van der Waals surface area (Å²) in [6.45, 7) is 3.90. The van der Waals surface area contributed by atoms with Gasteiger partial charge in [-0.2, -0.15) is 5.10 Å². The Morgan fingerprint density at radius 2 is 1.68 bits per heavy atom. The van der Waals surface area contributed by atoms with E-state index in [1.165, 1.54) is 0 Å². The summed E-state index contributed by atoms with van der Waals surface area (Å²) in [4.78, 5) is 0.141. The number of rotatable bonds is 5. The molecule has 25 heavy (non-hydrogen) atoms. The molecule has 7 heteroatoms. The lowest BCUT2D eigenvalue weighted by Crippen LogP contribution is -2.13. The van der Waals surface area contributed by atoms with E-state index < -0.39 is 10.0 Å². The number of nitrogens with one attached hydrogen (secondary N) is 1. The molecule has 0 saturated heterocycles. The van der Waals surface area contributed by atoms with Crippen molar-refractivity contribution in [3.8, 4) is 11.3 Å². The fourth-order valence-electron chi connectivity index (χ4n) is 2.36. The molecule has 0 amide bonds. The van der Waals surface area contributed by atoms with Gasteiger partial charge in [0.15, 0.2) is 0 Å². The summed E-state index contributed by atoms with van der Waals surface area (Å²) in [5.74, 6) is 0. The highest BCUT2D eigenvalue weighted by molar-refractivity contribution is 7.92. The van der Waals surface area contributed by atoms with Crippen LogP contribution < -0.4 is 4.72 Å². The minimum atomic E-state index is -3.79. The van der Waals surface area contributed by atoms with Crippen molar-refractivity contribution in [1.29, 1.82) is 0 Å². The van der Waals surface area contributed by atoms with Gasteiger partial charge in [0.25, 0.3) is 10.0 Å². The number of anilines is 1. The monoisotopic (exact) mass is 375 g/mol. The maximum Gasteiger partial charge on any atom is 0.265 e. The van der Waals surface area contributed by atoms with Crippen molar-refractivity contribution >= 4 is 27.3 Å². The summed E-state index contributed by atoms with van der Waals surface area (Å²) in [6, 6.07) is 15.8. The van der Waals surface area contributed by atoms with Crippen molar-refractivity contribution in [2.24, 2.45) is 0 Å². The van der Waals surface area contributed by atoms with Gasteiger partial charge in [-0.25, -0.2) is 8.42 Å². The van der Waals surface area contributed by atoms with Crippen LogP contribution in [-0.4, -0.2) is 18.2 Å². The van der Waals surface area contributed by atoms with Gasteiger partial charge in [-0.05, 0) is 38.1 Å². The minimum absolute atomic E-state index is 0.0435. The van der Waals surface area contributed by atoms with E-state index in [0.29, 0.717) is 16.4 Å². The highest BCUT2D eigenvalue weighted by Gasteiger charge is 2.24. The Morgan fingerprint density at radius 3 is 2.28 bits per heavy atom. The normalized spacial score (nSPS) is 11.7. The van der Waals surface area contributed by atoms with E-state index in [-0.39, 0.29) is 10.9 Å². The van der Waals surface area contributed by atoms with E-state index in [4.69, 9.17) is 11.6 Å². The molecular formula is C18H18ClN3O2S. The largest absolute Gasteiger partial charge is 0.280 e. The van der Waals surface area contributed by atoms with Crippen LogP contribution in [-0.2, 0) is 10.0 Å². The molecule has 2 aromatic carbocycles. The molecule has 0 saturated carbocycles. The molecule has 5 nitrogen and oxygen atoms in total.